The van der Waals surface area contributed by atoms with Crippen molar-refractivity contribution in [2.45, 2.75) is 12.8 Å². The van der Waals surface area contributed by atoms with Gasteiger partial charge in [0, 0.05) is 18.2 Å². The molecule has 13 heteroatoms. The first-order chi connectivity index (χ1) is 16.0. The Morgan fingerprint density at radius 1 is 1.00 bits per heavy atom. The summed E-state index contributed by atoms with van der Waals surface area (Å²) in [6.07, 6.45) is -3.35. The summed E-state index contributed by atoms with van der Waals surface area (Å²) in [5.74, 6) is 0.558. The second-order valence-electron chi connectivity index (χ2n) is 6.76. The van der Waals surface area contributed by atoms with Crippen LogP contribution >= 0.6 is 22.6 Å². The second-order valence-corrected chi connectivity index (χ2v) is 7.92. The van der Waals surface area contributed by atoms with Crippen molar-refractivity contribution < 1.29 is 27.8 Å². The van der Waals surface area contributed by atoms with Crippen LogP contribution in [0.2, 0.25) is 0 Å². The van der Waals surface area contributed by atoms with Gasteiger partial charge in [-0.15, -0.1) is 0 Å². The van der Waals surface area contributed by atoms with E-state index in [-0.39, 0.29) is 18.0 Å². The summed E-state index contributed by atoms with van der Waals surface area (Å²) in [7, 11) is 0. The van der Waals surface area contributed by atoms with Crippen LogP contribution in [0.3, 0.4) is 0 Å². The number of non-ortho nitro benzene ring substituents is 1. The smallest absolute Gasteiger partial charge is 0.416 e. The standard InChI is InChI=1S/C21H14F3IN4O5/c22-21(23,24)15-4-7-18(19(10-15)29(32)33)27-26-11-14-3-8-20(17(25)9-14)34-12-13-1-5-16(6-2-13)28(30)31/h1-11,27H,12H2/b26-11-. The van der Waals surface area contributed by atoms with E-state index >= 15 is 0 Å². The number of rotatable bonds is 8. The molecule has 34 heavy (non-hydrogen) atoms. The van der Waals surface area contributed by atoms with E-state index in [1.54, 1.807) is 30.3 Å². The average Bonchev–Trinajstić information content (AvgIpc) is 2.78. The molecule has 1 N–H and O–H groups in total. The molecule has 0 atom stereocenters. The quantitative estimate of drug-likeness (QED) is 0.146. The van der Waals surface area contributed by atoms with Gasteiger partial charge in [0.05, 0.1) is 25.2 Å². The Hall–Kier alpha value is -3.75. The molecular weight excluding hydrogens is 572 g/mol. The lowest BCUT2D eigenvalue weighted by molar-refractivity contribution is -0.384. The largest absolute Gasteiger partial charge is 0.488 e. The molecule has 3 rings (SSSR count). The van der Waals surface area contributed by atoms with Crippen LogP contribution in [0.1, 0.15) is 16.7 Å². The van der Waals surface area contributed by atoms with Crippen molar-refractivity contribution >= 4 is 45.9 Å². The van der Waals surface area contributed by atoms with Crippen molar-refractivity contribution in [3.8, 4) is 5.75 Å². The zero-order chi connectivity index (χ0) is 24.9. The summed E-state index contributed by atoms with van der Waals surface area (Å²) < 4.78 is 44.8. The third kappa shape index (κ3) is 6.40. The molecule has 0 fully saturated rings. The summed E-state index contributed by atoms with van der Waals surface area (Å²) in [4.78, 5) is 20.4. The van der Waals surface area contributed by atoms with E-state index in [1.807, 2.05) is 22.6 Å². The summed E-state index contributed by atoms with van der Waals surface area (Å²) >= 11 is 2.04. The minimum absolute atomic E-state index is 0.0165. The number of ether oxygens (including phenoxy) is 1. The summed E-state index contributed by atoms with van der Waals surface area (Å²) in [5.41, 5.74) is 1.65. The van der Waals surface area contributed by atoms with Gasteiger partial charge in [0.25, 0.3) is 11.4 Å². The van der Waals surface area contributed by atoms with Crippen molar-refractivity contribution in [3.05, 3.63) is 101 Å². The van der Waals surface area contributed by atoms with Crippen molar-refractivity contribution in [2.75, 3.05) is 5.43 Å². The highest BCUT2D eigenvalue weighted by molar-refractivity contribution is 14.1. The molecule has 0 saturated carbocycles. The van der Waals surface area contributed by atoms with Crippen LogP contribution in [-0.4, -0.2) is 16.1 Å². The van der Waals surface area contributed by atoms with Crippen molar-refractivity contribution in [2.24, 2.45) is 5.10 Å². The topological polar surface area (TPSA) is 120 Å². The Balaban J connectivity index is 1.65. The molecule has 0 amide bonds. The average molecular weight is 586 g/mol. The van der Waals surface area contributed by atoms with Gasteiger partial charge in [-0.05, 0) is 76.2 Å². The van der Waals surface area contributed by atoms with Gasteiger partial charge in [-0.25, -0.2) is 0 Å². The number of hydrogen-bond donors (Lipinski definition) is 1. The Morgan fingerprint density at radius 2 is 1.71 bits per heavy atom. The lowest BCUT2D eigenvalue weighted by Crippen LogP contribution is -2.06. The van der Waals surface area contributed by atoms with Crippen LogP contribution in [-0.2, 0) is 12.8 Å². The summed E-state index contributed by atoms with van der Waals surface area (Å²) in [6, 6.07) is 13.1. The van der Waals surface area contributed by atoms with Crippen molar-refractivity contribution in [3.63, 3.8) is 0 Å². The molecule has 0 aliphatic carbocycles. The SMILES string of the molecule is O=[N+]([O-])c1ccc(COc2ccc(/C=N\Nc3ccc(C(F)(F)F)cc3[N+](=O)[O-])cc2I)cc1. The molecule has 9 nitrogen and oxygen atoms in total. The molecular formula is C21H14F3IN4O5. The van der Waals surface area contributed by atoms with Crippen molar-refractivity contribution in [1.82, 2.24) is 0 Å². The molecule has 3 aromatic carbocycles. The maximum atomic E-state index is 12.8. The number of benzene rings is 3. The Bertz CT molecular complexity index is 1250. The van der Waals surface area contributed by atoms with Crippen LogP contribution in [0.5, 0.6) is 5.75 Å². The molecule has 0 aromatic heterocycles. The van der Waals surface area contributed by atoms with Crippen molar-refractivity contribution in [1.29, 1.82) is 0 Å². The highest BCUT2D eigenvalue weighted by atomic mass is 127. The van der Waals surface area contributed by atoms with E-state index in [2.05, 4.69) is 10.5 Å². The predicted molar refractivity (Wildman–Crippen MR) is 126 cm³/mol. The monoisotopic (exact) mass is 586 g/mol. The zero-order valence-corrected chi connectivity index (χ0v) is 19.1. The molecule has 0 heterocycles. The number of nitro groups is 2. The zero-order valence-electron chi connectivity index (χ0n) is 17.0. The van der Waals surface area contributed by atoms with Gasteiger partial charge in [0.2, 0.25) is 0 Å². The minimum atomic E-state index is -4.70. The van der Waals surface area contributed by atoms with Crippen LogP contribution in [0.25, 0.3) is 0 Å². The second kappa shape index (κ2) is 10.5. The molecule has 0 unspecified atom stereocenters. The summed E-state index contributed by atoms with van der Waals surface area (Å²) in [5, 5.41) is 25.7. The van der Waals surface area contributed by atoms with Crippen LogP contribution in [0.4, 0.5) is 30.2 Å². The van der Waals surface area contributed by atoms with Gasteiger partial charge in [-0.1, -0.05) is 0 Å². The van der Waals surface area contributed by atoms with E-state index in [0.717, 1.165) is 21.3 Å². The van der Waals surface area contributed by atoms with Gasteiger partial charge < -0.3 is 4.74 Å². The maximum absolute atomic E-state index is 12.8. The molecule has 0 aliphatic heterocycles. The third-order valence-corrected chi connectivity index (χ3v) is 5.26. The third-order valence-electron chi connectivity index (χ3n) is 4.42. The van der Waals surface area contributed by atoms with Gasteiger partial charge in [0.15, 0.2) is 0 Å². The Morgan fingerprint density at radius 3 is 2.29 bits per heavy atom. The van der Waals surface area contributed by atoms with E-state index in [1.165, 1.54) is 18.3 Å². The van der Waals surface area contributed by atoms with Crippen LogP contribution in [0.15, 0.2) is 65.8 Å². The van der Waals surface area contributed by atoms with Gasteiger partial charge in [0.1, 0.15) is 18.0 Å². The van der Waals surface area contributed by atoms with Crippen LogP contribution in [0, 0.1) is 23.8 Å². The number of anilines is 1. The summed E-state index contributed by atoms with van der Waals surface area (Å²) in [6.45, 7) is 0.195. The van der Waals surface area contributed by atoms with E-state index in [4.69, 9.17) is 4.74 Å². The molecule has 0 spiro atoms. The van der Waals surface area contributed by atoms with Gasteiger partial charge in [-0.2, -0.15) is 18.3 Å². The molecule has 0 radical (unpaired) electrons. The molecule has 176 valence electrons. The fourth-order valence-electron chi connectivity index (χ4n) is 2.72. The number of halogens is 4. The number of nitrogens with one attached hydrogen (secondary N) is 1. The molecule has 0 aliphatic rings. The van der Waals surface area contributed by atoms with Gasteiger partial charge >= 0.3 is 6.18 Å². The predicted octanol–water partition coefficient (Wildman–Crippen LogP) is 6.15. The normalized spacial score (nSPS) is 11.4. The number of nitrogens with zero attached hydrogens (tertiary/aromatic N) is 3. The van der Waals surface area contributed by atoms with Gasteiger partial charge in [-0.3, -0.25) is 25.7 Å². The molecule has 3 aromatic rings. The number of hydrogen-bond acceptors (Lipinski definition) is 7. The first-order valence-electron chi connectivity index (χ1n) is 9.35. The minimum Gasteiger partial charge on any atom is -0.488 e. The van der Waals surface area contributed by atoms with Crippen LogP contribution < -0.4 is 10.2 Å². The Kier molecular flexibility index (Phi) is 7.65. The maximum Gasteiger partial charge on any atom is 0.416 e. The fraction of sp³-hybridized carbons (Fsp3) is 0.0952. The number of alkyl halides is 3. The van der Waals surface area contributed by atoms with E-state index < -0.39 is 27.3 Å². The van der Waals surface area contributed by atoms with E-state index in [9.17, 15) is 33.4 Å². The lowest BCUT2D eigenvalue weighted by atomic mass is 10.1. The number of nitro benzene ring substituents is 2. The molecule has 0 saturated heterocycles. The highest BCUT2D eigenvalue weighted by Crippen LogP contribution is 2.35. The van der Waals surface area contributed by atoms with E-state index in [0.29, 0.717) is 17.4 Å². The fourth-order valence-corrected chi connectivity index (χ4v) is 3.41. The molecule has 0 bridgehead atoms. The first kappa shape index (κ1) is 24.9. The highest BCUT2D eigenvalue weighted by Gasteiger charge is 2.33. The Labute approximate surface area is 203 Å². The number of hydrazone groups is 1. The lowest BCUT2D eigenvalue weighted by Gasteiger charge is -2.09. The first-order valence-corrected chi connectivity index (χ1v) is 10.4.